The molecule has 3 heterocycles. The lowest BCUT2D eigenvalue weighted by atomic mass is 9.92. The molecule has 2 aromatic rings. The Morgan fingerprint density at radius 2 is 2.08 bits per heavy atom. The number of halogens is 3. The Bertz CT molecular complexity index is 760. The zero-order valence-electron chi connectivity index (χ0n) is 14.3. The van der Waals surface area contributed by atoms with Crippen LogP contribution in [0.3, 0.4) is 0 Å². The van der Waals surface area contributed by atoms with Crippen molar-refractivity contribution in [3.63, 3.8) is 0 Å². The minimum Gasteiger partial charge on any atom is -0.326 e. The molecule has 1 fully saturated rings. The van der Waals surface area contributed by atoms with Gasteiger partial charge in [0.05, 0.1) is 24.1 Å². The van der Waals surface area contributed by atoms with Crippen molar-refractivity contribution in [3.05, 3.63) is 29.6 Å². The van der Waals surface area contributed by atoms with Crippen LogP contribution in [-0.4, -0.2) is 40.3 Å². The van der Waals surface area contributed by atoms with E-state index < -0.39 is 12.7 Å². The molecule has 2 aliphatic heterocycles. The van der Waals surface area contributed by atoms with Crippen molar-refractivity contribution in [2.75, 3.05) is 19.6 Å². The number of alkyl halides is 3. The second-order valence-corrected chi connectivity index (χ2v) is 7.40. The van der Waals surface area contributed by atoms with Crippen molar-refractivity contribution in [1.29, 1.82) is 0 Å². The molecule has 0 saturated carbocycles. The summed E-state index contributed by atoms with van der Waals surface area (Å²) in [5, 5.41) is 3.58. The van der Waals surface area contributed by atoms with E-state index in [2.05, 4.69) is 40.0 Å². The molecule has 1 aromatic heterocycles. The first-order valence-corrected chi connectivity index (χ1v) is 8.90. The molecule has 0 aliphatic carbocycles. The van der Waals surface area contributed by atoms with Crippen LogP contribution in [0, 0.1) is 5.92 Å². The van der Waals surface area contributed by atoms with Gasteiger partial charge in [-0.2, -0.15) is 13.2 Å². The highest BCUT2D eigenvalue weighted by Gasteiger charge is 2.33. The Morgan fingerprint density at radius 1 is 1.24 bits per heavy atom. The van der Waals surface area contributed by atoms with Gasteiger partial charge in [0.2, 0.25) is 0 Å². The molecule has 0 bridgehead atoms. The Labute approximate surface area is 145 Å². The molecule has 1 unspecified atom stereocenters. The highest BCUT2D eigenvalue weighted by molar-refractivity contribution is 5.77. The molecule has 1 N–H and O–H groups in total. The Balaban J connectivity index is 1.57. The molecule has 1 aromatic carbocycles. The van der Waals surface area contributed by atoms with E-state index in [-0.39, 0.29) is 6.54 Å². The normalized spacial score (nSPS) is 25.3. The van der Waals surface area contributed by atoms with E-state index in [0.717, 1.165) is 29.8 Å². The van der Waals surface area contributed by atoms with Crippen LogP contribution in [0.5, 0.6) is 0 Å². The first-order valence-electron chi connectivity index (χ1n) is 8.90. The molecular formula is C18H23F3N4. The van der Waals surface area contributed by atoms with Gasteiger partial charge in [-0.15, -0.1) is 0 Å². The predicted octanol–water partition coefficient (Wildman–Crippen LogP) is 3.47. The van der Waals surface area contributed by atoms with Gasteiger partial charge in [-0.05, 0) is 43.0 Å². The van der Waals surface area contributed by atoms with E-state index in [4.69, 9.17) is 0 Å². The Hall–Kier alpha value is -1.60. The lowest BCUT2D eigenvalue weighted by molar-refractivity contribution is -0.148. The summed E-state index contributed by atoms with van der Waals surface area (Å²) in [6, 6.07) is 6.65. The van der Waals surface area contributed by atoms with Crippen molar-refractivity contribution in [2.24, 2.45) is 5.92 Å². The number of fused-ring (bicyclic) bond motifs is 3. The fraction of sp³-hybridized carbons (Fsp3) is 0.611. The van der Waals surface area contributed by atoms with Gasteiger partial charge < -0.3 is 9.88 Å². The number of rotatable bonds is 2. The standard InChI is InChI=1S/C18H23F3N4/c1-12-2-4-14(22-9-12)13-3-5-16-15(8-13)23-17-10-24(6-7-25(16)17)11-18(19,20)21/h3,5,8,12,14,22H,2,4,6-7,9-11H2,1H3/t12-,14?/m0/s1. The number of nitrogens with zero attached hydrogens (tertiary/aromatic N) is 3. The number of nitrogens with one attached hydrogen (secondary N) is 1. The lowest BCUT2D eigenvalue weighted by Gasteiger charge is -2.28. The number of imidazole rings is 1. The molecule has 4 rings (SSSR count). The molecule has 0 amide bonds. The van der Waals surface area contributed by atoms with Crippen LogP contribution >= 0.6 is 0 Å². The summed E-state index contributed by atoms with van der Waals surface area (Å²) in [4.78, 5) is 6.05. The van der Waals surface area contributed by atoms with Crippen LogP contribution in [0.1, 0.15) is 37.2 Å². The molecule has 0 spiro atoms. The van der Waals surface area contributed by atoms with Crippen molar-refractivity contribution < 1.29 is 13.2 Å². The number of benzene rings is 1. The second-order valence-electron chi connectivity index (χ2n) is 7.40. The highest BCUT2D eigenvalue weighted by atomic mass is 19.4. The monoisotopic (exact) mass is 352 g/mol. The number of hydrogen-bond acceptors (Lipinski definition) is 3. The summed E-state index contributed by atoms with van der Waals surface area (Å²) < 4.78 is 40.0. The summed E-state index contributed by atoms with van der Waals surface area (Å²) in [5.74, 6) is 1.44. The van der Waals surface area contributed by atoms with Gasteiger partial charge in [0, 0.05) is 19.1 Å². The van der Waals surface area contributed by atoms with Crippen molar-refractivity contribution >= 4 is 11.0 Å². The summed E-state index contributed by atoms with van der Waals surface area (Å²) >= 11 is 0. The zero-order valence-corrected chi connectivity index (χ0v) is 14.3. The largest absolute Gasteiger partial charge is 0.401 e. The second kappa shape index (κ2) is 6.29. The van der Waals surface area contributed by atoms with Crippen LogP contribution < -0.4 is 5.32 Å². The molecule has 0 radical (unpaired) electrons. The quantitative estimate of drug-likeness (QED) is 0.898. The highest BCUT2D eigenvalue weighted by Crippen LogP contribution is 2.29. The average Bonchev–Trinajstić information content (AvgIpc) is 2.90. The smallest absolute Gasteiger partial charge is 0.326 e. The molecule has 2 atom stereocenters. The maximum absolute atomic E-state index is 12.6. The molecule has 25 heavy (non-hydrogen) atoms. The van der Waals surface area contributed by atoms with E-state index in [9.17, 15) is 13.2 Å². The lowest BCUT2D eigenvalue weighted by Crippen LogP contribution is -2.39. The summed E-state index contributed by atoms with van der Waals surface area (Å²) in [6.07, 6.45) is -1.84. The van der Waals surface area contributed by atoms with Crippen LogP contribution in [0.2, 0.25) is 0 Å². The fourth-order valence-electron chi connectivity index (χ4n) is 3.98. The van der Waals surface area contributed by atoms with E-state index in [0.29, 0.717) is 25.0 Å². The van der Waals surface area contributed by atoms with Gasteiger partial charge in [0.15, 0.2) is 0 Å². The zero-order chi connectivity index (χ0) is 17.6. The van der Waals surface area contributed by atoms with E-state index in [1.165, 1.54) is 16.9 Å². The SMILES string of the molecule is C[C@H]1CCC(c2ccc3c(c2)nc2n3CCN(CC(F)(F)F)C2)NC1. The maximum Gasteiger partial charge on any atom is 0.401 e. The summed E-state index contributed by atoms with van der Waals surface area (Å²) in [7, 11) is 0. The Morgan fingerprint density at radius 3 is 2.80 bits per heavy atom. The van der Waals surface area contributed by atoms with Crippen molar-refractivity contribution in [3.8, 4) is 0 Å². The van der Waals surface area contributed by atoms with Gasteiger partial charge in [0.25, 0.3) is 0 Å². The first-order chi connectivity index (χ1) is 11.9. The van der Waals surface area contributed by atoms with Crippen LogP contribution in [0.15, 0.2) is 18.2 Å². The van der Waals surface area contributed by atoms with Gasteiger partial charge in [0.1, 0.15) is 5.82 Å². The first kappa shape index (κ1) is 16.8. The number of aromatic nitrogens is 2. The van der Waals surface area contributed by atoms with E-state index >= 15 is 0 Å². The van der Waals surface area contributed by atoms with Crippen LogP contribution in [0.4, 0.5) is 13.2 Å². The fourth-order valence-corrected chi connectivity index (χ4v) is 3.98. The Kier molecular flexibility index (Phi) is 4.24. The van der Waals surface area contributed by atoms with E-state index in [1.807, 2.05) is 0 Å². The molecule has 4 nitrogen and oxygen atoms in total. The summed E-state index contributed by atoms with van der Waals surface area (Å²) in [6.45, 7) is 3.62. The average molecular weight is 352 g/mol. The predicted molar refractivity (Wildman–Crippen MR) is 90.2 cm³/mol. The third kappa shape index (κ3) is 3.53. The molecule has 7 heteroatoms. The van der Waals surface area contributed by atoms with Gasteiger partial charge in [-0.1, -0.05) is 13.0 Å². The number of hydrogen-bond donors (Lipinski definition) is 1. The molecule has 2 aliphatic rings. The van der Waals surface area contributed by atoms with Gasteiger partial charge >= 0.3 is 6.18 Å². The molecule has 1 saturated heterocycles. The van der Waals surface area contributed by atoms with Crippen LogP contribution in [-0.2, 0) is 13.1 Å². The third-order valence-corrected chi connectivity index (χ3v) is 5.32. The topological polar surface area (TPSA) is 33.1 Å². The van der Waals surface area contributed by atoms with E-state index in [1.54, 1.807) is 0 Å². The summed E-state index contributed by atoms with van der Waals surface area (Å²) in [5.41, 5.74) is 3.14. The third-order valence-electron chi connectivity index (χ3n) is 5.32. The molecule has 136 valence electrons. The van der Waals surface area contributed by atoms with Gasteiger partial charge in [-0.3, -0.25) is 4.90 Å². The minimum atomic E-state index is -4.16. The van der Waals surface area contributed by atoms with Crippen LogP contribution in [0.25, 0.3) is 11.0 Å². The maximum atomic E-state index is 12.6. The molecular weight excluding hydrogens is 329 g/mol. The minimum absolute atomic E-state index is 0.253. The van der Waals surface area contributed by atoms with Crippen molar-refractivity contribution in [1.82, 2.24) is 19.8 Å². The number of piperidine rings is 1. The van der Waals surface area contributed by atoms with Gasteiger partial charge in [-0.25, -0.2) is 4.98 Å². The van der Waals surface area contributed by atoms with Crippen molar-refractivity contribution in [2.45, 2.75) is 45.1 Å².